The van der Waals surface area contributed by atoms with Crippen molar-refractivity contribution in [2.24, 2.45) is 0 Å². The second-order valence-corrected chi connectivity index (χ2v) is 3.43. The van der Waals surface area contributed by atoms with Crippen LogP contribution in [0.2, 0.25) is 0 Å². The topological polar surface area (TPSA) is 12.0 Å². The van der Waals surface area contributed by atoms with E-state index in [1.807, 2.05) is 0 Å². The lowest BCUT2D eigenvalue weighted by atomic mass is 9.90. The summed E-state index contributed by atoms with van der Waals surface area (Å²) in [6.07, 6.45) is -2.52. The molecule has 2 rings (SSSR count). The molecule has 1 aliphatic rings. The summed E-state index contributed by atoms with van der Waals surface area (Å²) in [5.41, 5.74) is 0.400. The number of hydrogen-bond donors (Lipinski definition) is 1. The molecular formula is C10H10F3N. The number of hydrogen-bond acceptors (Lipinski definition) is 1. The lowest BCUT2D eigenvalue weighted by Gasteiger charge is -2.29. The van der Waals surface area contributed by atoms with Gasteiger partial charge in [0.05, 0.1) is 0 Å². The standard InChI is InChI=1S/C10H10F3N/c11-7-1-2-8(10(12)13)9(3-7)6-4-14-5-6/h1-3,6,10,14H,4-5H2. The molecule has 4 heteroatoms. The quantitative estimate of drug-likeness (QED) is 0.775. The predicted molar refractivity (Wildman–Crippen MR) is 47.0 cm³/mol. The molecule has 1 fully saturated rings. The number of alkyl halides is 2. The van der Waals surface area contributed by atoms with Crippen molar-refractivity contribution in [1.82, 2.24) is 5.32 Å². The van der Waals surface area contributed by atoms with Gasteiger partial charge in [-0.25, -0.2) is 13.2 Å². The van der Waals surface area contributed by atoms with Gasteiger partial charge in [-0.3, -0.25) is 0 Å². The van der Waals surface area contributed by atoms with Crippen molar-refractivity contribution in [2.45, 2.75) is 12.3 Å². The summed E-state index contributed by atoms with van der Waals surface area (Å²) in [4.78, 5) is 0. The predicted octanol–water partition coefficient (Wildman–Crippen LogP) is 2.45. The van der Waals surface area contributed by atoms with E-state index in [0.717, 1.165) is 6.07 Å². The van der Waals surface area contributed by atoms with E-state index in [1.54, 1.807) is 0 Å². The maximum atomic E-state index is 12.9. The van der Waals surface area contributed by atoms with Crippen molar-refractivity contribution in [2.75, 3.05) is 13.1 Å². The van der Waals surface area contributed by atoms with Crippen LogP contribution in [0.1, 0.15) is 23.5 Å². The van der Waals surface area contributed by atoms with Crippen LogP contribution in [0.25, 0.3) is 0 Å². The molecule has 0 unspecified atom stereocenters. The minimum absolute atomic E-state index is 0.0368. The first-order valence-corrected chi connectivity index (χ1v) is 4.46. The second-order valence-electron chi connectivity index (χ2n) is 3.43. The third kappa shape index (κ3) is 1.62. The number of benzene rings is 1. The Kier molecular flexibility index (Phi) is 2.46. The molecule has 0 spiro atoms. The van der Waals surface area contributed by atoms with Crippen LogP contribution in [0.4, 0.5) is 13.2 Å². The van der Waals surface area contributed by atoms with Gasteiger partial charge in [0.15, 0.2) is 0 Å². The molecule has 1 heterocycles. The second kappa shape index (κ2) is 3.61. The Bertz CT molecular complexity index is 334. The summed E-state index contributed by atoms with van der Waals surface area (Å²) in [6.45, 7) is 1.31. The van der Waals surface area contributed by atoms with Crippen molar-refractivity contribution < 1.29 is 13.2 Å². The van der Waals surface area contributed by atoms with Crippen molar-refractivity contribution >= 4 is 0 Å². The SMILES string of the molecule is Fc1ccc(C(F)F)c(C2CNC2)c1. The maximum Gasteiger partial charge on any atom is 0.264 e. The third-order valence-electron chi connectivity index (χ3n) is 2.51. The summed E-state index contributed by atoms with van der Waals surface area (Å²) < 4.78 is 37.9. The molecule has 0 saturated carbocycles. The largest absolute Gasteiger partial charge is 0.315 e. The van der Waals surface area contributed by atoms with Gasteiger partial charge in [0.25, 0.3) is 6.43 Å². The fourth-order valence-corrected chi connectivity index (χ4v) is 1.61. The Morgan fingerprint density at radius 2 is 2.00 bits per heavy atom. The van der Waals surface area contributed by atoms with Crippen LogP contribution in [-0.2, 0) is 0 Å². The van der Waals surface area contributed by atoms with E-state index in [1.165, 1.54) is 12.1 Å². The van der Waals surface area contributed by atoms with Gasteiger partial charge in [0.1, 0.15) is 5.82 Å². The highest BCUT2D eigenvalue weighted by Gasteiger charge is 2.25. The number of rotatable bonds is 2. The Labute approximate surface area is 79.9 Å². The molecule has 0 aromatic heterocycles. The van der Waals surface area contributed by atoms with E-state index in [9.17, 15) is 13.2 Å². The minimum Gasteiger partial charge on any atom is -0.315 e. The lowest BCUT2D eigenvalue weighted by Crippen LogP contribution is -2.40. The van der Waals surface area contributed by atoms with Crippen molar-refractivity contribution in [1.29, 1.82) is 0 Å². The van der Waals surface area contributed by atoms with E-state index < -0.39 is 12.2 Å². The normalized spacial score (nSPS) is 17.1. The highest BCUT2D eigenvalue weighted by molar-refractivity contribution is 5.34. The van der Waals surface area contributed by atoms with Gasteiger partial charge >= 0.3 is 0 Å². The molecule has 0 bridgehead atoms. The third-order valence-corrected chi connectivity index (χ3v) is 2.51. The van der Waals surface area contributed by atoms with Crippen LogP contribution in [0.3, 0.4) is 0 Å². The molecule has 1 N–H and O–H groups in total. The first-order chi connectivity index (χ1) is 6.68. The smallest absolute Gasteiger partial charge is 0.264 e. The molecule has 14 heavy (non-hydrogen) atoms. The first kappa shape index (κ1) is 9.52. The van der Waals surface area contributed by atoms with E-state index in [2.05, 4.69) is 5.32 Å². The van der Waals surface area contributed by atoms with Crippen LogP contribution in [-0.4, -0.2) is 13.1 Å². The Hall–Kier alpha value is -1.03. The van der Waals surface area contributed by atoms with Gasteiger partial charge in [0.2, 0.25) is 0 Å². The van der Waals surface area contributed by atoms with Gasteiger partial charge in [0, 0.05) is 24.6 Å². The van der Waals surface area contributed by atoms with Crippen LogP contribution in [0.5, 0.6) is 0 Å². The van der Waals surface area contributed by atoms with E-state index in [-0.39, 0.29) is 11.5 Å². The summed E-state index contributed by atoms with van der Waals surface area (Å²) in [5, 5.41) is 2.98. The molecule has 1 nitrogen and oxygen atoms in total. The highest BCUT2D eigenvalue weighted by atomic mass is 19.3. The van der Waals surface area contributed by atoms with E-state index in [4.69, 9.17) is 0 Å². The molecular weight excluding hydrogens is 191 g/mol. The van der Waals surface area contributed by atoms with Gasteiger partial charge in [-0.2, -0.15) is 0 Å². The molecule has 76 valence electrons. The zero-order valence-electron chi connectivity index (χ0n) is 7.43. The van der Waals surface area contributed by atoms with E-state index in [0.29, 0.717) is 18.7 Å². The lowest BCUT2D eigenvalue weighted by molar-refractivity contribution is 0.149. The van der Waals surface area contributed by atoms with E-state index >= 15 is 0 Å². The summed E-state index contributed by atoms with van der Waals surface area (Å²) in [5.74, 6) is -0.411. The molecule has 0 atom stereocenters. The first-order valence-electron chi connectivity index (χ1n) is 4.46. The Balaban J connectivity index is 2.37. The van der Waals surface area contributed by atoms with Crippen molar-refractivity contribution in [3.8, 4) is 0 Å². The molecule has 1 aromatic rings. The Morgan fingerprint density at radius 3 is 2.50 bits per heavy atom. The number of halogens is 3. The maximum absolute atomic E-state index is 12.9. The van der Waals surface area contributed by atoms with Gasteiger partial charge < -0.3 is 5.32 Å². The van der Waals surface area contributed by atoms with Crippen LogP contribution in [0.15, 0.2) is 18.2 Å². The fourth-order valence-electron chi connectivity index (χ4n) is 1.61. The molecule has 1 aromatic carbocycles. The van der Waals surface area contributed by atoms with Crippen molar-refractivity contribution in [3.63, 3.8) is 0 Å². The average molecular weight is 201 g/mol. The highest BCUT2D eigenvalue weighted by Crippen LogP contribution is 2.30. The minimum atomic E-state index is -2.52. The molecule has 0 amide bonds. The van der Waals surface area contributed by atoms with Crippen LogP contribution >= 0.6 is 0 Å². The summed E-state index contributed by atoms with van der Waals surface area (Å²) >= 11 is 0. The van der Waals surface area contributed by atoms with Crippen LogP contribution < -0.4 is 5.32 Å². The zero-order valence-corrected chi connectivity index (χ0v) is 7.43. The van der Waals surface area contributed by atoms with Crippen LogP contribution in [0, 0.1) is 5.82 Å². The number of nitrogens with one attached hydrogen (secondary N) is 1. The average Bonchev–Trinajstić information content (AvgIpc) is 2.00. The van der Waals surface area contributed by atoms with Gasteiger partial charge in [-0.15, -0.1) is 0 Å². The molecule has 0 aliphatic carbocycles. The monoisotopic (exact) mass is 201 g/mol. The summed E-state index contributed by atoms with van der Waals surface area (Å²) in [6, 6.07) is 3.47. The zero-order chi connectivity index (χ0) is 10.1. The van der Waals surface area contributed by atoms with Crippen molar-refractivity contribution in [3.05, 3.63) is 35.1 Å². The molecule has 1 saturated heterocycles. The Morgan fingerprint density at radius 1 is 1.29 bits per heavy atom. The fraction of sp³-hybridized carbons (Fsp3) is 0.400. The summed E-state index contributed by atoms with van der Waals surface area (Å²) in [7, 11) is 0. The molecule has 1 aliphatic heterocycles. The molecule has 0 radical (unpaired) electrons. The van der Waals surface area contributed by atoms with Gasteiger partial charge in [-0.05, 0) is 17.7 Å². The van der Waals surface area contributed by atoms with Gasteiger partial charge in [-0.1, -0.05) is 6.07 Å².